The fraction of sp³-hybridized carbons (Fsp3) is 0.429. The molecule has 2 heteroatoms. The molecule has 0 saturated carbocycles. The molecule has 0 fully saturated rings. The molecule has 0 unspecified atom stereocenters. The maximum atomic E-state index is 5.98. The van der Waals surface area contributed by atoms with Gasteiger partial charge in [0.15, 0.2) is 0 Å². The van der Waals surface area contributed by atoms with Gasteiger partial charge in [0.2, 0.25) is 0 Å². The molecule has 0 radical (unpaired) electrons. The third-order valence-electron chi connectivity index (χ3n) is 3.98. The van der Waals surface area contributed by atoms with Crippen LogP contribution in [0.1, 0.15) is 30.4 Å². The maximum absolute atomic E-state index is 5.98. The zero-order valence-electron chi connectivity index (χ0n) is 14.5. The molecule has 2 aromatic carbocycles. The molecule has 0 N–H and O–H groups in total. The maximum Gasteiger partial charge on any atom is 0.122 e. The highest BCUT2D eigenvalue weighted by Gasteiger charge is 2.03. The summed E-state index contributed by atoms with van der Waals surface area (Å²) in [4.78, 5) is 2.19. The predicted octanol–water partition coefficient (Wildman–Crippen LogP) is 4.58. The zero-order chi connectivity index (χ0) is 16.3. The van der Waals surface area contributed by atoms with Gasteiger partial charge in [0.25, 0.3) is 0 Å². The van der Waals surface area contributed by atoms with E-state index < -0.39 is 0 Å². The molecule has 23 heavy (non-hydrogen) atoms. The third kappa shape index (κ3) is 6.87. The second kappa shape index (κ2) is 10.1. The van der Waals surface area contributed by atoms with Crippen LogP contribution in [-0.2, 0) is 12.8 Å². The Morgan fingerprint density at radius 2 is 1.48 bits per heavy atom. The van der Waals surface area contributed by atoms with Crippen molar-refractivity contribution in [3.63, 3.8) is 0 Å². The molecule has 2 nitrogen and oxygen atoms in total. The summed E-state index contributed by atoms with van der Waals surface area (Å²) in [6.07, 6.45) is 5.74. The van der Waals surface area contributed by atoms with Crippen LogP contribution < -0.4 is 4.74 Å². The summed E-state index contributed by atoms with van der Waals surface area (Å²) < 4.78 is 5.98. The van der Waals surface area contributed by atoms with Gasteiger partial charge in [0, 0.05) is 6.54 Å². The lowest BCUT2D eigenvalue weighted by atomic mass is 10.0. The van der Waals surface area contributed by atoms with Gasteiger partial charge in [-0.2, -0.15) is 0 Å². The Hall–Kier alpha value is -1.80. The van der Waals surface area contributed by atoms with E-state index in [2.05, 4.69) is 73.6 Å². The van der Waals surface area contributed by atoms with E-state index in [1.165, 1.54) is 24.0 Å². The quantitative estimate of drug-likeness (QED) is 0.595. The van der Waals surface area contributed by atoms with Gasteiger partial charge in [-0.05, 0) is 63.4 Å². The largest absolute Gasteiger partial charge is 0.493 e. The van der Waals surface area contributed by atoms with E-state index >= 15 is 0 Å². The van der Waals surface area contributed by atoms with Crippen LogP contribution in [0.15, 0.2) is 54.6 Å². The first kappa shape index (κ1) is 17.6. The number of hydrogen-bond acceptors (Lipinski definition) is 2. The predicted molar refractivity (Wildman–Crippen MR) is 98.2 cm³/mol. The lowest BCUT2D eigenvalue weighted by Gasteiger charge is -2.13. The average molecular weight is 311 g/mol. The normalized spacial score (nSPS) is 10.9. The van der Waals surface area contributed by atoms with E-state index in [1.807, 2.05) is 0 Å². The van der Waals surface area contributed by atoms with Crippen LogP contribution in [0.5, 0.6) is 5.75 Å². The Kier molecular flexibility index (Phi) is 7.68. The fourth-order valence-electron chi connectivity index (χ4n) is 2.70. The summed E-state index contributed by atoms with van der Waals surface area (Å²) in [5, 5.41) is 0. The highest BCUT2D eigenvalue weighted by Crippen LogP contribution is 2.20. The zero-order valence-corrected chi connectivity index (χ0v) is 14.5. The summed E-state index contributed by atoms with van der Waals surface area (Å²) in [6.45, 7) is 1.86. The van der Waals surface area contributed by atoms with Gasteiger partial charge in [-0.1, -0.05) is 48.5 Å². The third-order valence-corrected chi connectivity index (χ3v) is 3.98. The Morgan fingerprint density at radius 1 is 0.783 bits per heavy atom. The molecule has 0 amide bonds. The second-order valence-corrected chi connectivity index (χ2v) is 6.31. The minimum Gasteiger partial charge on any atom is -0.493 e. The van der Waals surface area contributed by atoms with E-state index in [0.29, 0.717) is 0 Å². The molecule has 0 atom stereocenters. The topological polar surface area (TPSA) is 12.5 Å². The minimum atomic E-state index is 0.791. The van der Waals surface area contributed by atoms with Crippen LogP contribution in [-0.4, -0.2) is 32.1 Å². The van der Waals surface area contributed by atoms with Crippen molar-refractivity contribution in [3.8, 4) is 5.75 Å². The van der Waals surface area contributed by atoms with E-state index in [4.69, 9.17) is 4.74 Å². The van der Waals surface area contributed by atoms with Crippen LogP contribution in [0, 0.1) is 0 Å². The molecule has 2 aromatic rings. The van der Waals surface area contributed by atoms with Crippen LogP contribution in [0.2, 0.25) is 0 Å². The smallest absolute Gasteiger partial charge is 0.122 e. The number of aryl methyl sites for hydroxylation is 2. The first-order valence-corrected chi connectivity index (χ1v) is 8.65. The molecular weight excluding hydrogens is 282 g/mol. The monoisotopic (exact) mass is 311 g/mol. The van der Waals surface area contributed by atoms with Gasteiger partial charge in [0.1, 0.15) is 5.75 Å². The lowest BCUT2D eigenvalue weighted by molar-refractivity contribution is 0.279. The average Bonchev–Trinajstić information content (AvgIpc) is 2.57. The van der Waals surface area contributed by atoms with Crippen molar-refractivity contribution >= 4 is 0 Å². The summed E-state index contributed by atoms with van der Waals surface area (Å²) >= 11 is 0. The van der Waals surface area contributed by atoms with Gasteiger partial charge >= 0.3 is 0 Å². The number of nitrogens with zero attached hydrogens (tertiary/aromatic N) is 1. The van der Waals surface area contributed by atoms with Gasteiger partial charge in [-0.3, -0.25) is 0 Å². The molecule has 0 aromatic heterocycles. The number of rotatable bonds is 10. The summed E-state index contributed by atoms with van der Waals surface area (Å²) in [6, 6.07) is 19.2. The van der Waals surface area contributed by atoms with Gasteiger partial charge in [0.05, 0.1) is 6.61 Å². The molecular formula is C21H29NO. The van der Waals surface area contributed by atoms with E-state index in [-0.39, 0.29) is 0 Å². The van der Waals surface area contributed by atoms with Crippen molar-refractivity contribution in [2.24, 2.45) is 0 Å². The molecule has 0 bridgehead atoms. The van der Waals surface area contributed by atoms with Crippen LogP contribution in [0.4, 0.5) is 0 Å². The summed E-state index contributed by atoms with van der Waals surface area (Å²) in [5.74, 6) is 1.06. The molecule has 0 saturated heterocycles. The van der Waals surface area contributed by atoms with E-state index in [0.717, 1.165) is 38.2 Å². The number of unbranched alkanes of at least 4 members (excludes halogenated alkanes) is 1. The molecule has 124 valence electrons. The lowest BCUT2D eigenvalue weighted by Crippen LogP contribution is -2.15. The van der Waals surface area contributed by atoms with Crippen molar-refractivity contribution in [3.05, 3.63) is 65.7 Å². The van der Waals surface area contributed by atoms with E-state index in [1.54, 1.807) is 0 Å². The summed E-state index contributed by atoms with van der Waals surface area (Å²) in [7, 11) is 4.20. The molecule has 2 rings (SSSR count). The van der Waals surface area contributed by atoms with Crippen LogP contribution in [0.3, 0.4) is 0 Å². The number of para-hydroxylation sites is 1. The highest BCUT2D eigenvalue weighted by atomic mass is 16.5. The van der Waals surface area contributed by atoms with Crippen molar-refractivity contribution in [2.45, 2.75) is 32.1 Å². The van der Waals surface area contributed by atoms with Crippen molar-refractivity contribution in [1.82, 2.24) is 4.90 Å². The highest BCUT2D eigenvalue weighted by molar-refractivity contribution is 5.33. The fourth-order valence-corrected chi connectivity index (χ4v) is 2.70. The molecule has 0 heterocycles. The molecule has 0 aliphatic carbocycles. The molecule has 0 aliphatic heterocycles. The minimum absolute atomic E-state index is 0.791. The summed E-state index contributed by atoms with van der Waals surface area (Å²) in [5.41, 5.74) is 2.77. The SMILES string of the molecule is CN(C)CCCOc1ccccc1CCCCc1ccccc1. The van der Waals surface area contributed by atoms with Crippen molar-refractivity contribution in [1.29, 1.82) is 0 Å². The number of ether oxygens (including phenoxy) is 1. The van der Waals surface area contributed by atoms with E-state index in [9.17, 15) is 0 Å². The molecule has 0 aliphatic rings. The standard InChI is InChI=1S/C21H29NO/c1-22(2)17-10-18-23-21-16-9-8-15-20(21)14-7-6-13-19-11-4-3-5-12-19/h3-5,8-9,11-12,15-16H,6-7,10,13-14,17-18H2,1-2H3. The van der Waals surface area contributed by atoms with Crippen LogP contribution in [0.25, 0.3) is 0 Å². The number of hydrogen-bond donors (Lipinski definition) is 0. The Balaban J connectivity index is 1.74. The van der Waals surface area contributed by atoms with Crippen LogP contribution >= 0.6 is 0 Å². The number of benzene rings is 2. The first-order chi connectivity index (χ1) is 11.3. The van der Waals surface area contributed by atoms with Gasteiger partial charge in [-0.15, -0.1) is 0 Å². The van der Waals surface area contributed by atoms with Gasteiger partial charge < -0.3 is 9.64 Å². The Bertz CT molecular complexity index is 551. The second-order valence-electron chi connectivity index (χ2n) is 6.31. The Labute approximate surface area is 141 Å². The molecule has 0 spiro atoms. The Morgan fingerprint density at radius 3 is 2.26 bits per heavy atom. The first-order valence-electron chi connectivity index (χ1n) is 8.65. The van der Waals surface area contributed by atoms with Crippen molar-refractivity contribution < 1.29 is 4.74 Å². The van der Waals surface area contributed by atoms with Gasteiger partial charge in [-0.25, -0.2) is 0 Å². The van der Waals surface area contributed by atoms with Crippen molar-refractivity contribution in [2.75, 3.05) is 27.2 Å².